The standard InChI is InChI=1S/C17H15N3O4/c1-11-8-14-9-12(2-7-16(14)24-11)10-18-19-17(21)13-3-5-15(6-4-13)20(22)23/h2-7,9-11H,8H2,1H3,(H,19,21)/b18-10+/t11-/m1/s1. The highest BCUT2D eigenvalue weighted by atomic mass is 16.6. The van der Waals surface area contributed by atoms with E-state index >= 15 is 0 Å². The fourth-order valence-corrected chi connectivity index (χ4v) is 2.49. The molecule has 1 aliphatic heterocycles. The Balaban J connectivity index is 1.63. The molecule has 24 heavy (non-hydrogen) atoms. The molecule has 2 aromatic rings. The van der Waals surface area contributed by atoms with Crippen LogP contribution in [0, 0.1) is 10.1 Å². The fourth-order valence-electron chi connectivity index (χ4n) is 2.49. The highest BCUT2D eigenvalue weighted by molar-refractivity contribution is 5.95. The Morgan fingerprint density at radius 2 is 2.08 bits per heavy atom. The molecule has 0 bridgehead atoms. The molecule has 0 saturated carbocycles. The summed E-state index contributed by atoms with van der Waals surface area (Å²) in [5.74, 6) is 0.453. The molecule has 3 rings (SSSR count). The van der Waals surface area contributed by atoms with Gasteiger partial charge in [-0.05, 0) is 48.4 Å². The number of benzene rings is 2. The number of nitrogens with one attached hydrogen (secondary N) is 1. The largest absolute Gasteiger partial charge is 0.490 e. The van der Waals surface area contributed by atoms with Crippen LogP contribution in [0.25, 0.3) is 0 Å². The molecule has 122 valence electrons. The van der Waals surface area contributed by atoms with Crippen LogP contribution < -0.4 is 10.2 Å². The van der Waals surface area contributed by atoms with Crippen LogP contribution in [0.4, 0.5) is 5.69 Å². The number of carbonyl (C=O) groups is 1. The minimum atomic E-state index is -0.516. The molecular weight excluding hydrogens is 310 g/mol. The van der Waals surface area contributed by atoms with Gasteiger partial charge in [0.15, 0.2) is 0 Å². The minimum absolute atomic E-state index is 0.0651. The van der Waals surface area contributed by atoms with Crippen molar-refractivity contribution in [3.8, 4) is 5.75 Å². The Bertz CT molecular complexity index is 815. The van der Waals surface area contributed by atoms with Crippen LogP contribution in [0.3, 0.4) is 0 Å². The molecular formula is C17H15N3O4. The first-order valence-corrected chi connectivity index (χ1v) is 7.40. The van der Waals surface area contributed by atoms with Crippen molar-refractivity contribution in [2.75, 3.05) is 0 Å². The average Bonchev–Trinajstić information content (AvgIpc) is 2.94. The first-order valence-electron chi connectivity index (χ1n) is 7.40. The summed E-state index contributed by atoms with van der Waals surface area (Å²) in [6, 6.07) is 11.0. The second-order valence-corrected chi connectivity index (χ2v) is 5.50. The third-order valence-electron chi connectivity index (χ3n) is 3.64. The number of amides is 1. The maximum absolute atomic E-state index is 11.9. The van der Waals surface area contributed by atoms with E-state index in [1.807, 2.05) is 25.1 Å². The molecule has 1 atom stereocenters. The van der Waals surface area contributed by atoms with Crippen molar-refractivity contribution < 1.29 is 14.5 Å². The third-order valence-corrected chi connectivity index (χ3v) is 3.64. The van der Waals surface area contributed by atoms with Crippen LogP contribution in [0.1, 0.15) is 28.4 Å². The number of nitrogens with zero attached hydrogens (tertiary/aromatic N) is 2. The summed E-state index contributed by atoms with van der Waals surface area (Å²) in [7, 11) is 0. The van der Waals surface area contributed by atoms with Crippen LogP contribution in [-0.4, -0.2) is 23.1 Å². The molecule has 0 aromatic heterocycles. The second kappa shape index (κ2) is 6.49. The van der Waals surface area contributed by atoms with Crippen molar-refractivity contribution in [3.63, 3.8) is 0 Å². The number of non-ortho nitro benzene ring substituents is 1. The van der Waals surface area contributed by atoms with Gasteiger partial charge in [0.2, 0.25) is 0 Å². The summed E-state index contributed by atoms with van der Waals surface area (Å²) >= 11 is 0. The van der Waals surface area contributed by atoms with Gasteiger partial charge < -0.3 is 4.74 Å². The second-order valence-electron chi connectivity index (χ2n) is 5.50. The van der Waals surface area contributed by atoms with E-state index < -0.39 is 10.8 Å². The van der Waals surface area contributed by atoms with Gasteiger partial charge in [-0.25, -0.2) is 5.43 Å². The summed E-state index contributed by atoms with van der Waals surface area (Å²) in [4.78, 5) is 22.0. The van der Waals surface area contributed by atoms with Crippen molar-refractivity contribution in [3.05, 3.63) is 69.3 Å². The van der Waals surface area contributed by atoms with Gasteiger partial charge in [0.05, 0.1) is 11.1 Å². The quantitative estimate of drug-likeness (QED) is 0.531. The number of hydrogen-bond acceptors (Lipinski definition) is 5. The molecule has 7 heteroatoms. The van der Waals surface area contributed by atoms with Crippen LogP contribution in [0.5, 0.6) is 5.75 Å². The van der Waals surface area contributed by atoms with Gasteiger partial charge in [0, 0.05) is 24.1 Å². The molecule has 1 amide bonds. The molecule has 7 nitrogen and oxygen atoms in total. The molecule has 0 spiro atoms. The van der Waals surface area contributed by atoms with Crippen LogP contribution in [0.2, 0.25) is 0 Å². The molecule has 2 aromatic carbocycles. The van der Waals surface area contributed by atoms with E-state index in [1.165, 1.54) is 24.3 Å². The van der Waals surface area contributed by atoms with Crippen LogP contribution >= 0.6 is 0 Å². The maximum atomic E-state index is 11.9. The van der Waals surface area contributed by atoms with Crippen molar-refractivity contribution in [1.82, 2.24) is 5.43 Å². The Labute approximate surface area is 138 Å². The zero-order chi connectivity index (χ0) is 17.1. The Morgan fingerprint density at radius 3 is 2.79 bits per heavy atom. The topological polar surface area (TPSA) is 93.8 Å². The maximum Gasteiger partial charge on any atom is 0.271 e. The van der Waals surface area contributed by atoms with Gasteiger partial charge in [-0.15, -0.1) is 0 Å². The number of hydrazone groups is 1. The molecule has 0 saturated heterocycles. The SMILES string of the molecule is C[C@@H]1Cc2cc(/C=N/NC(=O)c3ccc([N+](=O)[O-])cc3)ccc2O1. The summed E-state index contributed by atoms with van der Waals surface area (Å²) in [5.41, 5.74) is 4.61. The molecule has 1 aliphatic rings. The van der Waals surface area contributed by atoms with E-state index in [2.05, 4.69) is 10.5 Å². The van der Waals surface area contributed by atoms with E-state index in [9.17, 15) is 14.9 Å². The van der Waals surface area contributed by atoms with E-state index in [-0.39, 0.29) is 11.8 Å². The zero-order valence-corrected chi connectivity index (χ0v) is 12.9. The lowest BCUT2D eigenvalue weighted by atomic mass is 10.1. The van der Waals surface area contributed by atoms with Crippen LogP contribution in [0.15, 0.2) is 47.6 Å². The molecule has 1 heterocycles. The lowest BCUT2D eigenvalue weighted by molar-refractivity contribution is -0.384. The molecule has 1 N–H and O–H groups in total. The van der Waals surface area contributed by atoms with E-state index in [1.54, 1.807) is 6.21 Å². The molecule has 0 aliphatic carbocycles. The smallest absolute Gasteiger partial charge is 0.271 e. The van der Waals surface area contributed by atoms with Gasteiger partial charge in [-0.2, -0.15) is 5.10 Å². The Hall–Kier alpha value is -3.22. The lowest BCUT2D eigenvalue weighted by Gasteiger charge is -2.02. The van der Waals surface area contributed by atoms with Crippen molar-refractivity contribution in [2.24, 2.45) is 5.10 Å². The molecule has 0 radical (unpaired) electrons. The summed E-state index contributed by atoms with van der Waals surface area (Å²) in [5, 5.41) is 14.5. The van der Waals surface area contributed by atoms with Gasteiger partial charge >= 0.3 is 0 Å². The predicted octanol–water partition coefficient (Wildman–Crippen LogP) is 2.68. The van der Waals surface area contributed by atoms with E-state index in [0.717, 1.165) is 23.3 Å². The first kappa shape index (κ1) is 15.7. The first-order chi connectivity index (χ1) is 11.5. The fraction of sp³-hybridized carbons (Fsp3) is 0.176. The van der Waals surface area contributed by atoms with Gasteiger partial charge in [-0.1, -0.05) is 0 Å². The van der Waals surface area contributed by atoms with E-state index in [0.29, 0.717) is 5.56 Å². The highest BCUT2D eigenvalue weighted by Gasteiger charge is 2.18. The Kier molecular flexibility index (Phi) is 4.24. The number of fused-ring (bicyclic) bond motifs is 1. The van der Waals surface area contributed by atoms with Crippen molar-refractivity contribution in [1.29, 1.82) is 0 Å². The summed E-state index contributed by atoms with van der Waals surface area (Å²) < 4.78 is 5.63. The number of rotatable bonds is 4. The monoisotopic (exact) mass is 325 g/mol. The normalized spacial score (nSPS) is 15.8. The predicted molar refractivity (Wildman–Crippen MR) is 88.4 cm³/mol. The number of hydrogen-bond donors (Lipinski definition) is 1. The lowest BCUT2D eigenvalue weighted by Crippen LogP contribution is -2.17. The number of nitro groups is 1. The molecule has 0 fully saturated rings. The van der Waals surface area contributed by atoms with Crippen molar-refractivity contribution >= 4 is 17.8 Å². The van der Waals surface area contributed by atoms with Gasteiger partial charge in [0.25, 0.3) is 11.6 Å². The van der Waals surface area contributed by atoms with E-state index in [4.69, 9.17) is 4.74 Å². The van der Waals surface area contributed by atoms with Gasteiger partial charge in [0.1, 0.15) is 11.9 Å². The third kappa shape index (κ3) is 3.40. The number of nitro benzene ring substituents is 1. The summed E-state index contributed by atoms with van der Waals surface area (Å²) in [6.45, 7) is 2.01. The van der Waals surface area contributed by atoms with Gasteiger partial charge in [-0.3, -0.25) is 14.9 Å². The number of ether oxygens (including phenoxy) is 1. The van der Waals surface area contributed by atoms with Crippen molar-refractivity contribution in [2.45, 2.75) is 19.4 Å². The zero-order valence-electron chi connectivity index (χ0n) is 12.9. The average molecular weight is 325 g/mol. The Morgan fingerprint density at radius 1 is 1.33 bits per heavy atom. The van der Waals surface area contributed by atoms with Crippen LogP contribution in [-0.2, 0) is 6.42 Å². The minimum Gasteiger partial charge on any atom is -0.490 e. The molecule has 0 unspecified atom stereocenters. The summed E-state index contributed by atoms with van der Waals surface area (Å²) in [6.07, 6.45) is 2.58. The highest BCUT2D eigenvalue weighted by Crippen LogP contribution is 2.28. The number of carbonyl (C=O) groups excluding carboxylic acids is 1.